The van der Waals surface area contributed by atoms with Crippen LogP contribution >= 0.6 is 24.4 Å². The lowest BCUT2D eigenvalue weighted by atomic mass is 10.3. The number of halogens is 3. The summed E-state index contributed by atoms with van der Waals surface area (Å²) in [6.45, 7) is 0. The van der Waals surface area contributed by atoms with Crippen LogP contribution in [0.4, 0.5) is 13.2 Å². The van der Waals surface area contributed by atoms with Crippen molar-refractivity contribution in [2.75, 3.05) is 6.26 Å². The molecule has 0 unspecified atom stereocenters. The first-order chi connectivity index (χ1) is 6.42. The fourth-order valence-electron chi connectivity index (χ4n) is 0.870. The van der Waals surface area contributed by atoms with Gasteiger partial charge in [0.05, 0.1) is 0 Å². The Balaban J connectivity index is 2.99. The van der Waals surface area contributed by atoms with Gasteiger partial charge in [0, 0.05) is 9.79 Å². The molecule has 1 aromatic rings. The SMILES string of the molecule is CSc1ccc(S)cc1OC(F)(F)F. The zero-order valence-electron chi connectivity index (χ0n) is 7.13. The second kappa shape index (κ2) is 4.35. The molecule has 1 aromatic carbocycles. The van der Waals surface area contributed by atoms with Gasteiger partial charge in [-0.2, -0.15) is 0 Å². The van der Waals surface area contributed by atoms with Crippen molar-refractivity contribution >= 4 is 24.4 Å². The van der Waals surface area contributed by atoms with E-state index in [-0.39, 0.29) is 5.75 Å². The largest absolute Gasteiger partial charge is 0.573 e. The third-order valence-electron chi connectivity index (χ3n) is 1.37. The normalized spacial score (nSPS) is 11.5. The Morgan fingerprint density at radius 1 is 1.36 bits per heavy atom. The molecule has 78 valence electrons. The van der Waals surface area contributed by atoms with E-state index < -0.39 is 6.36 Å². The molecular weight excluding hydrogens is 233 g/mol. The van der Waals surface area contributed by atoms with E-state index in [4.69, 9.17) is 0 Å². The maximum atomic E-state index is 11.9. The van der Waals surface area contributed by atoms with Crippen LogP contribution in [-0.2, 0) is 0 Å². The monoisotopic (exact) mass is 240 g/mol. The quantitative estimate of drug-likeness (QED) is 0.624. The first-order valence-electron chi connectivity index (χ1n) is 3.55. The van der Waals surface area contributed by atoms with Crippen molar-refractivity contribution in [3.05, 3.63) is 18.2 Å². The predicted octanol–water partition coefficient (Wildman–Crippen LogP) is 3.60. The Morgan fingerprint density at radius 2 is 2.00 bits per heavy atom. The van der Waals surface area contributed by atoms with Crippen LogP contribution < -0.4 is 4.74 Å². The molecule has 0 aliphatic rings. The molecular formula is C8H7F3OS2. The average molecular weight is 240 g/mol. The summed E-state index contributed by atoms with van der Waals surface area (Å²) in [5, 5.41) is 0. The molecule has 0 aliphatic heterocycles. The number of rotatable bonds is 2. The van der Waals surface area contributed by atoms with Gasteiger partial charge in [0.2, 0.25) is 0 Å². The predicted molar refractivity (Wildman–Crippen MR) is 52.2 cm³/mol. The van der Waals surface area contributed by atoms with Crippen LogP contribution in [0.2, 0.25) is 0 Å². The van der Waals surface area contributed by atoms with Gasteiger partial charge < -0.3 is 4.74 Å². The lowest BCUT2D eigenvalue weighted by Gasteiger charge is -2.12. The van der Waals surface area contributed by atoms with Crippen LogP contribution in [0.5, 0.6) is 5.75 Å². The van der Waals surface area contributed by atoms with Gasteiger partial charge in [-0.3, -0.25) is 0 Å². The Bertz CT molecular complexity index is 325. The minimum atomic E-state index is -4.66. The summed E-state index contributed by atoms with van der Waals surface area (Å²) in [7, 11) is 0. The van der Waals surface area contributed by atoms with Crippen molar-refractivity contribution in [2.45, 2.75) is 16.2 Å². The van der Waals surface area contributed by atoms with Gasteiger partial charge in [-0.15, -0.1) is 37.6 Å². The lowest BCUT2D eigenvalue weighted by Crippen LogP contribution is -2.17. The average Bonchev–Trinajstić information content (AvgIpc) is 2.01. The molecule has 6 heteroatoms. The van der Waals surface area contributed by atoms with Gasteiger partial charge in [-0.1, -0.05) is 0 Å². The molecule has 0 saturated heterocycles. The van der Waals surface area contributed by atoms with E-state index in [0.29, 0.717) is 9.79 Å². The highest BCUT2D eigenvalue weighted by atomic mass is 32.2. The summed E-state index contributed by atoms with van der Waals surface area (Å²) in [6.07, 6.45) is -2.98. The summed E-state index contributed by atoms with van der Waals surface area (Å²) in [5.74, 6) is -0.211. The zero-order chi connectivity index (χ0) is 10.8. The van der Waals surface area contributed by atoms with Crippen LogP contribution in [0, 0.1) is 0 Å². The Labute approximate surface area is 89.0 Å². The summed E-state index contributed by atoms with van der Waals surface area (Å²) in [5.41, 5.74) is 0. The number of benzene rings is 1. The molecule has 0 fully saturated rings. The first kappa shape index (κ1) is 11.6. The second-order valence-electron chi connectivity index (χ2n) is 2.38. The molecule has 0 amide bonds. The third-order valence-corrected chi connectivity index (χ3v) is 2.43. The number of thiol groups is 1. The number of ether oxygens (including phenoxy) is 1. The van der Waals surface area contributed by atoms with Gasteiger partial charge in [0.25, 0.3) is 0 Å². The summed E-state index contributed by atoms with van der Waals surface area (Å²) < 4.78 is 39.6. The number of thioether (sulfide) groups is 1. The van der Waals surface area contributed by atoms with E-state index in [1.165, 1.54) is 23.9 Å². The van der Waals surface area contributed by atoms with E-state index >= 15 is 0 Å². The lowest BCUT2D eigenvalue weighted by molar-refractivity contribution is -0.275. The highest BCUT2D eigenvalue weighted by Gasteiger charge is 2.32. The molecule has 14 heavy (non-hydrogen) atoms. The molecule has 0 aliphatic carbocycles. The van der Waals surface area contributed by atoms with Crippen molar-refractivity contribution in [3.8, 4) is 5.75 Å². The third kappa shape index (κ3) is 3.34. The van der Waals surface area contributed by atoms with E-state index in [0.717, 1.165) is 0 Å². The summed E-state index contributed by atoms with van der Waals surface area (Å²) in [6, 6.07) is 4.38. The maximum Gasteiger partial charge on any atom is 0.573 e. The summed E-state index contributed by atoms with van der Waals surface area (Å²) >= 11 is 5.12. The Kier molecular flexibility index (Phi) is 3.60. The van der Waals surface area contributed by atoms with Gasteiger partial charge in [0.1, 0.15) is 5.75 Å². The van der Waals surface area contributed by atoms with Crippen LogP contribution in [0.3, 0.4) is 0 Å². The molecule has 1 nitrogen and oxygen atoms in total. The van der Waals surface area contributed by atoms with Gasteiger partial charge in [-0.25, -0.2) is 0 Å². The second-order valence-corrected chi connectivity index (χ2v) is 3.75. The maximum absolute atomic E-state index is 11.9. The molecule has 0 bridgehead atoms. The van der Waals surface area contributed by atoms with Crippen molar-refractivity contribution in [1.29, 1.82) is 0 Å². The summed E-state index contributed by atoms with van der Waals surface area (Å²) in [4.78, 5) is 0.863. The first-order valence-corrected chi connectivity index (χ1v) is 5.22. The van der Waals surface area contributed by atoms with Crippen molar-refractivity contribution in [1.82, 2.24) is 0 Å². The fraction of sp³-hybridized carbons (Fsp3) is 0.250. The molecule has 1 rings (SSSR count). The van der Waals surface area contributed by atoms with E-state index in [2.05, 4.69) is 17.4 Å². The van der Waals surface area contributed by atoms with Crippen molar-refractivity contribution in [2.24, 2.45) is 0 Å². The number of alkyl halides is 3. The highest BCUT2D eigenvalue weighted by molar-refractivity contribution is 7.98. The van der Waals surface area contributed by atoms with E-state index in [1.54, 1.807) is 12.3 Å². The number of hydrogen-bond acceptors (Lipinski definition) is 3. The van der Waals surface area contributed by atoms with Gasteiger partial charge >= 0.3 is 6.36 Å². The Hall–Kier alpha value is -0.490. The molecule has 0 N–H and O–H groups in total. The molecule has 0 atom stereocenters. The van der Waals surface area contributed by atoms with Crippen molar-refractivity contribution < 1.29 is 17.9 Å². The van der Waals surface area contributed by atoms with E-state index in [1.807, 2.05) is 0 Å². The van der Waals surface area contributed by atoms with Gasteiger partial charge in [0.15, 0.2) is 0 Å². The molecule has 0 aromatic heterocycles. The van der Waals surface area contributed by atoms with Crippen LogP contribution in [0.1, 0.15) is 0 Å². The van der Waals surface area contributed by atoms with Crippen LogP contribution in [0.25, 0.3) is 0 Å². The number of hydrogen-bond donors (Lipinski definition) is 1. The Morgan fingerprint density at radius 3 is 2.50 bits per heavy atom. The minimum Gasteiger partial charge on any atom is -0.405 e. The zero-order valence-corrected chi connectivity index (χ0v) is 8.84. The highest BCUT2D eigenvalue weighted by Crippen LogP contribution is 2.33. The molecule has 0 spiro atoms. The van der Waals surface area contributed by atoms with Crippen LogP contribution in [0.15, 0.2) is 28.0 Å². The van der Waals surface area contributed by atoms with E-state index in [9.17, 15) is 13.2 Å². The van der Waals surface area contributed by atoms with Crippen molar-refractivity contribution in [3.63, 3.8) is 0 Å². The molecule has 0 radical (unpaired) electrons. The molecule has 0 heterocycles. The van der Waals surface area contributed by atoms with Crippen LogP contribution in [-0.4, -0.2) is 12.6 Å². The smallest absolute Gasteiger partial charge is 0.405 e. The standard InChI is InChI=1S/C8H7F3OS2/c1-14-7-3-2-5(13)4-6(7)12-8(9,10)11/h2-4,13H,1H3. The minimum absolute atomic E-state index is 0.211. The molecule has 0 saturated carbocycles. The fourth-order valence-corrected chi connectivity index (χ4v) is 1.57. The van der Waals surface area contributed by atoms with Gasteiger partial charge in [-0.05, 0) is 24.5 Å². The topological polar surface area (TPSA) is 9.23 Å².